The molecule has 0 radical (unpaired) electrons. The first-order valence-electron chi connectivity index (χ1n) is 6.62. The van der Waals surface area contributed by atoms with Gasteiger partial charge in [0.05, 0.1) is 0 Å². The number of thioether (sulfide) groups is 1. The molecule has 0 saturated carbocycles. The summed E-state index contributed by atoms with van der Waals surface area (Å²) in [4.78, 5) is 2.36. The predicted molar refractivity (Wildman–Crippen MR) is 84.8 cm³/mol. The summed E-state index contributed by atoms with van der Waals surface area (Å²) in [7, 11) is 2.18. The maximum absolute atomic E-state index is 3.38. The zero-order chi connectivity index (χ0) is 13.5. The molecule has 0 spiro atoms. The predicted octanol–water partition coefficient (Wildman–Crippen LogP) is 3.29. The summed E-state index contributed by atoms with van der Waals surface area (Å²) < 4.78 is 0. The lowest BCUT2D eigenvalue weighted by atomic mass is 10.1. The van der Waals surface area contributed by atoms with Gasteiger partial charge in [0.25, 0.3) is 0 Å². The Kier molecular flexibility index (Phi) is 6.58. The van der Waals surface area contributed by atoms with E-state index in [2.05, 4.69) is 62.5 Å². The largest absolute Gasteiger partial charge is 0.371 e. The van der Waals surface area contributed by atoms with Crippen molar-refractivity contribution in [1.82, 2.24) is 5.32 Å². The van der Waals surface area contributed by atoms with Crippen LogP contribution in [0.1, 0.15) is 25.0 Å². The highest BCUT2D eigenvalue weighted by atomic mass is 32.2. The van der Waals surface area contributed by atoms with E-state index in [1.165, 1.54) is 16.8 Å². The van der Waals surface area contributed by atoms with Crippen molar-refractivity contribution < 1.29 is 0 Å². The third-order valence-electron chi connectivity index (χ3n) is 3.37. The summed E-state index contributed by atoms with van der Waals surface area (Å²) in [5, 5.41) is 3.38. The summed E-state index contributed by atoms with van der Waals surface area (Å²) in [6.45, 7) is 8.60. The molecule has 0 aromatic heterocycles. The van der Waals surface area contributed by atoms with Crippen molar-refractivity contribution in [2.45, 2.75) is 33.4 Å². The van der Waals surface area contributed by atoms with Gasteiger partial charge >= 0.3 is 0 Å². The Hall–Kier alpha value is -0.670. The van der Waals surface area contributed by atoms with Crippen LogP contribution < -0.4 is 10.2 Å². The number of hydrogen-bond donors (Lipinski definition) is 1. The molecule has 1 aromatic carbocycles. The van der Waals surface area contributed by atoms with Crippen molar-refractivity contribution in [1.29, 1.82) is 0 Å². The van der Waals surface area contributed by atoms with Crippen LogP contribution in [0.3, 0.4) is 0 Å². The molecule has 0 aliphatic rings. The van der Waals surface area contributed by atoms with Crippen LogP contribution in [0.2, 0.25) is 0 Å². The van der Waals surface area contributed by atoms with Crippen LogP contribution in [-0.4, -0.2) is 31.6 Å². The molecule has 2 nitrogen and oxygen atoms in total. The van der Waals surface area contributed by atoms with Crippen molar-refractivity contribution in [3.05, 3.63) is 29.3 Å². The second-order valence-corrected chi connectivity index (χ2v) is 5.72. The highest BCUT2D eigenvalue weighted by molar-refractivity contribution is 7.98. The normalized spacial score (nSPS) is 12.5. The van der Waals surface area contributed by atoms with Crippen molar-refractivity contribution in [2.24, 2.45) is 0 Å². The second kappa shape index (κ2) is 7.70. The quantitative estimate of drug-likeness (QED) is 0.815. The Bertz CT molecular complexity index is 366. The number of rotatable bonds is 7. The summed E-state index contributed by atoms with van der Waals surface area (Å²) in [6, 6.07) is 7.34. The first-order valence-corrected chi connectivity index (χ1v) is 8.01. The maximum Gasteiger partial charge on any atom is 0.0369 e. The molecule has 1 N–H and O–H groups in total. The van der Waals surface area contributed by atoms with Crippen molar-refractivity contribution in [3.8, 4) is 0 Å². The number of nitrogens with zero attached hydrogens (tertiary/aromatic N) is 1. The Labute approximate surface area is 116 Å². The van der Waals surface area contributed by atoms with E-state index in [1.807, 2.05) is 11.8 Å². The van der Waals surface area contributed by atoms with Gasteiger partial charge in [-0.05, 0) is 49.9 Å². The van der Waals surface area contributed by atoms with E-state index in [0.29, 0.717) is 6.04 Å². The zero-order valence-corrected chi connectivity index (χ0v) is 13.1. The lowest BCUT2D eigenvalue weighted by Crippen LogP contribution is -2.30. The molecule has 18 heavy (non-hydrogen) atoms. The number of aryl methyl sites for hydroxylation is 1. The number of hydrogen-bond acceptors (Lipinski definition) is 3. The SMILES string of the molecule is CCNCc1ccc(N(C)C(C)CSC)cc1C. The van der Waals surface area contributed by atoms with Crippen LogP contribution in [0.5, 0.6) is 0 Å². The van der Waals surface area contributed by atoms with E-state index >= 15 is 0 Å². The van der Waals surface area contributed by atoms with E-state index in [-0.39, 0.29) is 0 Å². The van der Waals surface area contributed by atoms with Crippen LogP contribution in [0, 0.1) is 6.92 Å². The fourth-order valence-electron chi connectivity index (χ4n) is 1.96. The van der Waals surface area contributed by atoms with Crippen molar-refractivity contribution in [3.63, 3.8) is 0 Å². The smallest absolute Gasteiger partial charge is 0.0369 e. The van der Waals surface area contributed by atoms with Gasteiger partial charge in [0.15, 0.2) is 0 Å². The fraction of sp³-hybridized carbons (Fsp3) is 0.600. The van der Waals surface area contributed by atoms with Crippen LogP contribution in [0.25, 0.3) is 0 Å². The Morgan fingerprint density at radius 1 is 1.39 bits per heavy atom. The van der Waals surface area contributed by atoms with Crippen LogP contribution in [0.15, 0.2) is 18.2 Å². The van der Waals surface area contributed by atoms with Crippen LogP contribution >= 0.6 is 11.8 Å². The molecular weight excluding hydrogens is 240 g/mol. The lowest BCUT2D eigenvalue weighted by Gasteiger charge is -2.27. The Balaban J connectivity index is 2.76. The molecule has 1 rings (SSSR count). The van der Waals surface area contributed by atoms with E-state index in [9.17, 15) is 0 Å². The summed E-state index contributed by atoms with van der Waals surface area (Å²) in [6.07, 6.45) is 2.16. The van der Waals surface area contributed by atoms with Crippen LogP contribution in [-0.2, 0) is 6.54 Å². The molecule has 0 fully saturated rings. The van der Waals surface area contributed by atoms with Crippen molar-refractivity contribution in [2.75, 3.05) is 30.5 Å². The molecule has 0 amide bonds. The molecule has 0 saturated heterocycles. The molecule has 0 aliphatic heterocycles. The van der Waals surface area contributed by atoms with Gasteiger partial charge in [0.2, 0.25) is 0 Å². The highest BCUT2D eigenvalue weighted by Crippen LogP contribution is 2.21. The molecule has 1 unspecified atom stereocenters. The molecular formula is C15H26N2S. The van der Waals surface area contributed by atoms with Gasteiger partial charge < -0.3 is 10.2 Å². The molecule has 1 atom stereocenters. The topological polar surface area (TPSA) is 15.3 Å². The van der Waals surface area contributed by atoms with Gasteiger partial charge in [-0.2, -0.15) is 11.8 Å². The molecule has 0 aliphatic carbocycles. The standard InChI is InChI=1S/C15H26N2S/c1-6-16-10-14-7-8-15(9-12(14)2)17(4)13(3)11-18-5/h7-9,13,16H,6,10-11H2,1-5H3. The third-order valence-corrected chi connectivity index (χ3v) is 4.18. The monoisotopic (exact) mass is 266 g/mol. The van der Waals surface area contributed by atoms with Gasteiger partial charge in [-0.15, -0.1) is 0 Å². The average molecular weight is 266 g/mol. The van der Waals surface area contributed by atoms with Crippen molar-refractivity contribution >= 4 is 17.4 Å². The number of anilines is 1. The third kappa shape index (κ3) is 4.21. The van der Waals surface area contributed by atoms with E-state index < -0.39 is 0 Å². The minimum atomic E-state index is 0.569. The Morgan fingerprint density at radius 3 is 2.67 bits per heavy atom. The van der Waals surface area contributed by atoms with Gasteiger partial charge in [0, 0.05) is 31.1 Å². The second-order valence-electron chi connectivity index (χ2n) is 4.81. The first kappa shape index (κ1) is 15.4. The van der Waals surface area contributed by atoms with E-state index in [4.69, 9.17) is 0 Å². The molecule has 1 aromatic rings. The Morgan fingerprint density at radius 2 is 2.11 bits per heavy atom. The summed E-state index contributed by atoms with van der Waals surface area (Å²) in [5.74, 6) is 1.16. The van der Waals surface area contributed by atoms with E-state index in [0.717, 1.165) is 18.8 Å². The lowest BCUT2D eigenvalue weighted by molar-refractivity contribution is 0.722. The number of benzene rings is 1. The summed E-state index contributed by atoms with van der Waals surface area (Å²) >= 11 is 1.90. The van der Waals surface area contributed by atoms with E-state index in [1.54, 1.807) is 0 Å². The molecule has 102 valence electrons. The highest BCUT2D eigenvalue weighted by Gasteiger charge is 2.10. The molecule has 0 bridgehead atoms. The number of nitrogens with one attached hydrogen (secondary N) is 1. The van der Waals surface area contributed by atoms with Gasteiger partial charge in [0.1, 0.15) is 0 Å². The molecule has 3 heteroatoms. The maximum atomic E-state index is 3.38. The minimum absolute atomic E-state index is 0.569. The van der Waals surface area contributed by atoms with Crippen LogP contribution in [0.4, 0.5) is 5.69 Å². The van der Waals surface area contributed by atoms with Gasteiger partial charge in [-0.25, -0.2) is 0 Å². The van der Waals surface area contributed by atoms with Gasteiger partial charge in [-0.3, -0.25) is 0 Å². The first-order chi connectivity index (χ1) is 8.60. The fourth-order valence-corrected chi connectivity index (χ4v) is 2.67. The summed E-state index contributed by atoms with van der Waals surface area (Å²) in [5.41, 5.74) is 4.08. The molecule has 0 heterocycles. The average Bonchev–Trinajstić information content (AvgIpc) is 2.36. The van der Waals surface area contributed by atoms with Gasteiger partial charge in [-0.1, -0.05) is 13.0 Å². The zero-order valence-electron chi connectivity index (χ0n) is 12.3. The minimum Gasteiger partial charge on any atom is -0.371 e.